The van der Waals surface area contributed by atoms with Crippen LogP contribution in [0.1, 0.15) is 27.5 Å². The van der Waals surface area contributed by atoms with Crippen molar-refractivity contribution in [2.45, 2.75) is 10.9 Å². The lowest BCUT2D eigenvalue weighted by atomic mass is 9.98. The topological polar surface area (TPSA) is 66.5 Å². The molecule has 0 unspecified atom stereocenters. The van der Waals surface area contributed by atoms with Gasteiger partial charge < -0.3 is 5.32 Å². The van der Waals surface area contributed by atoms with E-state index >= 15 is 0 Å². The minimum atomic E-state index is -4.09. The van der Waals surface area contributed by atoms with E-state index in [4.69, 9.17) is 11.6 Å². The number of sulfonamides is 1. The molecule has 5 nitrogen and oxygen atoms in total. The van der Waals surface area contributed by atoms with Gasteiger partial charge in [-0.25, -0.2) is 8.42 Å². The number of hydrogen-bond donors (Lipinski definition) is 1. The highest BCUT2D eigenvalue weighted by Gasteiger charge is 2.28. The molecule has 0 atom stereocenters. The van der Waals surface area contributed by atoms with Gasteiger partial charge in [0.05, 0.1) is 23.3 Å². The third kappa shape index (κ3) is 5.51. The summed E-state index contributed by atoms with van der Waals surface area (Å²) in [6.07, 6.45) is 1.50. The van der Waals surface area contributed by atoms with Crippen LogP contribution >= 0.6 is 11.6 Å². The van der Waals surface area contributed by atoms with Gasteiger partial charge >= 0.3 is 0 Å². The zero-order valence-corrected chi connectivity index (χ0v) is 21.0. The molecule has 0 bridgehead atoms. The second kappa shape index (κ2) is 11.2. The van der Waals surface area contributed by atoms with E-state index in [1.807, 2.05) is 60.7 Å². The van der Waals surface area contributed by atoms with Gasteiger partial charge in [0.1, 0.15) is 4.90 Å². The Kier molecular flexibility index (Phi) is 7.88. The van der Waals surface area contributed by atoms with Gasteiger partial charge in [0.2, 0.25) is 0 Å². The molecule has 36 heavy (non-hydrogen) atoms. The Labute approximate surface area is 216 Å². The van der Waals surface area contributed by atoms with Crippen LogP contribution in [0.25, 0.3) is 0 Å². The summed E-state index contributed by atoms with van der Waals surface area (Å²) in [5.74, 6) is -0.421. The predicted octanol–water partition coefficient (Wildman–Crippen LogP) is 6.24. The normalized spacial score (nSPS) is 11.2. The lowest BCUT2D eigenvalue weighted by Gasteiger charge is -2.24. The van der Waals surface area contributed by atoms with Gasteiger partial charge in [0.15, 0.2) is 0 Å². The Morgan fingerprint density at radius 1 is 0.861 bits per heavy atom. The minimum Gasteiger partial charge on any atom is -0.341 e. The molecule has 0 aliphatic rings. The summed E-state index contributed by atoms with van der Waals surface area (Å²) in [5.41, 5.74) is 2.46. The molecule has 0 saturated carbocycles. The maximum atomic E-state index is 13.6. The molecular weight excluding hydrogens is 492 g/mol. The van der Waals surface area contributed by atoms with Crippen molar-refractivity contribution in [2.24, 2.45) is 0 Å². The van der Waals surface area contributed by atoms with Crippen molar-refractivity contribution in [3.05, 3.63) is 144 Å². The van der Waals surface area contributed by atoms with Crippen LogP contribution in [0.2, 0.25) is 5.02 Å². The van der Waals surface area contributed by atoms with Crippen molar-refractivity contribution >= 4 is 33.2 Å². The zero-order chi connectivity index (χ0) is 25.5. The first-order valence-corrected chi connectivity index (χ1v) is 13.1. The number of benzene rings is 4. The maximum absolute atomic E-state index is 13.6. The third-order valence-electron chi connectivity index (χ3n) is 5.64. The minimum absolute atomic E-state index is 0.0270. The fourth-order valence-electron chi connectivity index (χ4n) is 3.88. The standard InChI is InChI=1S/C29H25ClN2O3S/c1-2-20-32(25-16-10-5-11-17-25)36(34,35)27-21-24(18-19-26(27)30)29(33)31-28(22-12-6-3-7-13-22)23-14-8-4-9-15-23/h2-19,21,28H,1,20H2,(H,31,33). The molecule has 0 heterocycles. The quantitative estimate of drug-likeness (QED) is 0.268. The number of amides is 1. The summed E-state index contributed by atoms with van der Waals surface area (Å²) in [6.45, 7) is 3.73. The molecule has 0 radical (unpaired) electrons. The molecule has 4 rings (SSSR count). The molecule has 0 fully saturated rings. The van der Waals surface area contributed by atoms with Crippen LogP contribution in [-0.4, -0.2) is 20.9 Å². The summed E-state index contributed by atoms with van der Waals surface area (Å²) in [7, 11) is -4.09. The van der Waals surface area contributed by atoms with E-state index in [0.717, 1.165) is 11.1 Å². The Bertz CT molecular complexity index is 1400. The van der Waals surface area contributed by atoms with E-state index in [1.165, 1.54) is 28.6 Å². The molecule has 0 spiro atoms. The molecule has 1 N–H and O–H groups in total. The first kappa shape index (κ1) is 25.2. The second-order valence-corrected chi connectivity index (χ2v) is 10.3. The SMILES string of the molecule is C=CCN(c1ccccc1)S(=O)(=O)c1cc(C(=O)NC(c2ccccc2)c2ccccc2)ccc1Cl. The first-order valence-electron chi connectivity index (χ1n) is 11.3. The maximum Gasteiger partial charge on any atom is 0.266 e. The Morgan fingerprint density at radius 2 is 1.39 bits per heavy atom. The predicted molar refractivity (Wildman–Crippen MR) is 145 cm³/mol. The van der Waals surface area contributed by atoms with Gasteiger partial charge in [-0.3, -0.25) is 9.10 Å². The van der Waals surface area contributed by atoms with Gasteiger partial charge in [-0.1, -0.05) is 96.5 Å². The molecule has 0 aromatic heterocycles. The first-order chi connectivity index (χ1) is 17.4. The number of nitrogens with zero attached hydrogens (tertiary/aromatic N) is 1. The molecule has 182 valence electrons. The monoisotopic (exact) mass is 516 g/mol. The highest BCUT2D eigenvalue weighted by molar-refractivity contribution is 7.93. The third-order valence-corrected chi connectivity index (χ3v) is 7.92. The van der Waals surface area contributed by atoms with Gasteiger partial charge in [-0.2, -0.15) is 0 Å². The van der Waals surface area contributed by atoms with Crippen LogP contribution in [0.3, 0.4) is 0 Å². The van der Waals surface area contributed by atoms with E-state index in [0.29, 0.717) is 5.69 Å². The summed E-state index contributed by atoms with van der Waals surface area (Å²) in [5, 5.41) is 3.07. The second-order valence-electron chi connectivity index (χ2n) is 8.03. The van der Waals surface area contributed by atoms with E-state index in [1.54, 1.807) is 30.3 Å². The largest absolute Gasteiger partial charge is 0.341 e. The fourth-order valence-corrected chi connectivity index (χ4v) is 5.82. The lowest BCUT2D eigenvalue weighted by Crippen LogP contribution is -2.32. The molecular formula is C29H25ClN2O3S. The Hall–Kier alpha value is -3.87. The number of anilines is 1. The smallest absolute Gasteiger partial charge is 0.266 e. The molecule has 7 heteroatoms. The van der Waals surface area contributed by atoms with Crippen LogP contribution in [0, 0.1) is 0 Å². The number of nitrogens with one attached hydrogen (secondary N) is 1. The van der Waals surface area contributed by atoms with Crippen molar-refractivity contribution < 1.29 is 13.2 Å². The van der Waals surface area contributed by atoms with Crippen molar-refractivity contribution in [3.8, 4) is 0 Å². The number of hydrogen-bond acceptors (Lipinski definition) is 3. The van der Waals surface area contributed by atoms with Crippen LogP contribution in [0.4, 0.5) is 5.69 Å². The number of carbonyl (C=O) groups excluding carboxylic acids is 1. The molecule has 1 amide bonds. The van der Waals surface area contributed by atoms with Crippen LogP contribution in [-0.2, 0) is 10.0 Å². The van der Waals surface area contributed by atoms with E-state index in [9.17, 15) is 13.2 Å². The summed E-state index contributed by atoms with van der Waals surface area (Å²) >= 11 is 6.35. The van der Waals surface area contributed by atoms with Crippen LogP contribution < -0.4 is 9.62 Å². The van der Waals surface area contributed by atoms with Gasteiger partial charge in [0, 0.05) is 5.56 Å². The summed E-state index contributed by atoms with van der Waals surface area (Å²) in [4.78, 5) is 13.2. The molecule has 0 aliphatic carbocycles. The average molecular weight is 517 g/mol. The van der Waals surface area contributed by atoms with Crippen LogP contribution in [0.5, 0.6) is 0 Å². The number of carbonyl (C=O) groups is 1. The Balaban J connectivity index is 1.70. The van der Waals surface area contributed by atoms with Gasteiger partial charge in [-0.15, -0.1) is 6.58 Å². The van der Waals surface area contributed by atoms with Crippen molar-refractivity contribution in [2.75, 3.05) is 10.8 Å². The lowest BCUT2D eigenvalue weighted by molar-refractivity contribution is 0.0942. The van der Waals surface area contributed by atoms with Gasteiger partial charge in [0.25, 0.3) is 15.9 Å². The highest BCUT2D eigenvalue weighted by atomic mass is 35.5. The van der Waals surface area contributed by atoms with E-state index < -0.39 is 22.0 Å². The van der Waals surface area contributed by atoms with Crippen molar-refractivity contribution in [1.29, 1.82) is 0 Å². The summed E-state index contributed by atoms with van der Waals surface area (Å²) < 4.78 is 28.5. The summed E-state index contributed by atoms with van der Waals surface area (Å²) in [6, 6.07) is 31.7. The molecule has 4 aromatic carbocycles. The molecule has 0 aliphatic heterocycles. The fraction of sp³-hybridized carbons (Fsp3) is 0.0690. The van der Waals surface area contributed by atoms with Gasteiger partial charge in [-0.05, 0) is 41.5 Å². The zero-order valence-electron chi connectivity index (χ0n) is 19.4. The number of rotatable bonds is 9. The molecule has 4 aromatic rings. The van der Waals surface area contributed by atoms with E-state index in [2.05, 4.69) is 11.9 Å². The molecule has 0 saturated heterocycles. The van der Waals surface area contributed by atoms with E-state index in [-0.39, 0.29) is 22.0 Å². The average Bonchev–Trinajstić information content (AvgIpc) is 2.91. The van der Waals surface area contributed by atoms with Crippen LogP contribution in [0.15, 0.2) is 127 Å². The van der Waals surface area contributed by atoms with Crippen molar-refractivity contribution in [1.82, 2.24) is 5.32 Å². The Morgan fingerprint density at radius 3 is 1.92 bits per heavy atom. The number of halogens is 1. The highest BCUT2D eigenvalue weighted by Crippen LogP contribution is 2.30. The number of para-hydroxylation sites is 1. The van der Waals surface area contributed by atoms with Crippen molar-refractivity contribution in [3.63, 3.8) is 0 Å².